The van der Waals surface area contributed by atoms with Gasteiger partial charge in [-0.2, -0.15) is 0 Å². The molecule has 4 N–H and O–H groups in total. The monoisotopic (exact) mass is 214 g/mol. The van der Waals surface area contributed by atoms with Crippen LogP contribution in [0.15, 0.2) is 0 Å². The third-order valence-electron chi connectivity index (χ3n) is 3.04. The van der Waals surface area contributed by atoms with Crippen molar-refractivity contribution in [3.8, 4) is 0 Å². The summed E-state index contributed by atoms with van der Waals surface area (Å²) in [6, 6.07) is -0.923. The molecule has 1 heterocycles. The zero-order valence-corrected chi connectivity index (χ0v) is 8.22. The summed E-state index contributed by atoms with van der Waals surface area (Å²) in [5.74, 6) is -1.42. The number of amides is 1. The van der Waals surface area contributed by atoms with E-state index >= 15 is 0 Å². The number of nitrogens with zero attached hydrogens (tertiary/aromatic N) is 1. The van der Waals surface area contributed by atoms with Crippen LogP contribution in [-0.4, -0.2) is 51.2 Å². The van der Waals surface area contributed by atoms with Gasteiger partial charge in [0.2, 0.25) is 5.91 Å². The van der Waals surface area contributed by atoms with Gasteiger partial charge in [0.05, 0.1) is 11.6 Å². The molecule has 2 fully saturated rings. The van der Waals surface area contributed by atoms with E-state index in [1.807, 2.05) is 0 Å². The third kappa shape index (κ3) is 1.70. The van der Waals surface area contributed by atoms with Crippen molar-refractivity contribution in [2.24, 2.45) is 5.73 Å². The molecular weight excluding hydrogens is 200 g/mol. The van der Waals surface area contributed by atoms with E-state index in [4.69, 9.17) is 10.8 Å². The number of aliphatic carboxylic acids is 1. The molecule has 2 unspecified atom stereocenters. The number of β-amino-alcohol motifs (C(OH)–C–C–N with tert-alkyl or cyclic N) is 1. The van der Waals surface area contributed by atoms with Crippen molar-refractivity contribution in [2.75, 3.05) is 6.54 Å². The van der Waals surface area contributed by atoms with Gasteiger partial charge < -0.3 is 20.8 Å². The molecule has 0 aromatic heterocycles. The van der Waals surface area contributed by atoms with Gasteiger partial charge in [0.15, 0.2) is 0 Å². The summed E-state index contributed by atoms with van der Waals surface area (Å²) in [6.45, 7) is 0.0781. The molecule has 0 radical (unpaired) electrons. The van der Waals surface area contributed by atoms with Crippen LogP contribution in [0.2, 0.25) is 0 Å². The van der Waals surface area contributed by atoms with Gasteiger partial charge in [-0.15, -0.1) is 0 Å². The molecule has 2 rings (SSSR count). The number of aliphatic hydroxyl groups excluding tert-OH is 1. The van der Waals surface area contributed by atoms with Crippen LogP contribution in [0.4, 0.5) is 0 Å². The summed E-state index contributed by atoms with van der Waals surface area (Å²) in [5, 5.41) is 18.2. The van der Waals surface area contributed by atoms with Crippen molar-refractivity contribution in [3.05, 3.63) is 0 Å². The number of hydrogen-bond donors (Lipinski definition) is 3. The average molecular weight is 214 g/mol. The maximum atomic E-state index is 11.8. The van der Waals surface area contributed by atoms with Crippen LogP contribution in [0.5, 0.6) is 0 Å². The number of aliphatic hydroxyl groups is 1. The summed E-state index contributed by atoms with van der Waals surface area (Å²) in [4.78, 5) is 23.9. The van der Waals surface area contributed by atoms with Gasteiger partial charge in [0, 0.05) is 13.0 Å². The smallest absolute Gasteiger partial charge is 0.326 e. The standard InChI is InChI=1S/C9H14N2O4/c10-9(1-2-9)8(15)11-4-5(12)3-6(11)7(13)14/h5-6,12H,1-4,10H2,(H,13,14). The summed E-state index contributed by atoms with van der Waals surface area (Å²) in [5.41, 5.74) is 4.85. The van der Waals surface area contributed by atoms with Crippen LogP contribution >= 0.6 is 0 Å². The molecule has 15 heavy (non-hydrogen) atoms. The summed E-state index contributed by atoms with van der Waals surface area (Å²) >= 11 is 0. The summed E-state index contributed by atoms with van der Waals surface area (Å²) in [6.07, 6.45) is 0.546. The minimum absolute atomic E-state index is 0.0781. The fourth-order valence-electron chi connectivity index (χ4n) is 1.91. The van der Waals surface area contributed by atoms with Gasteiger partial charge in [-0.25, -0.2) is 4.79 Å². The Morgan fingerprint density at radius 2 is 2.00 bits per heavy atom. The first-order valence-electron chi connectivity index (χ1n) is 4.95. The van der Waals surface area contributed by atoms with Crippen LogP contribution < -0.4 is 5.73 Å². The lowest BCUT2D eigenvalue weighted by molar-refractivity contribution is -0.149. The van der Waals surface area contributed by atoms with Crippen molar-refractivity contribution in [1.82, 2.24) is 4.90 Å². The van der Waals surface area contributed by atoms with E-state index < -0.39 is 23.7 Å². The highest BCUT2D eigenvalue weighted by Crippen LogP contribution is 2.36. The fraction of sp³-hybridized carbons (Fsp3) is 0.778. The maximum Gasteiger partial charge on any atom is 0.326 e. The first-order chi connectivity index (χ1) is 6.94. The van der Waals surface area contributed by atoms with Crippen molar-refractivity contribution in [1.29, 1.82) is 0 Å². The highest BCUT2D eigenvalue weighted by Gasteiger charge is 2.52. The van der Waals surface area contributed by atoms with Crippen molar-refractivity contribution in [3.63, 3.8) is 0 Å². The van der Waals surface area contributed by atoms with Crippen molar-refractivity contribution < 1.29 is 19.8 Å². The Morgan fingerprint density at radius 1 is 1.40 bits per heavy atom. The normalized spacial score (nSPS) is 32.8. The average Bonchev–Trinajstić information content (AvgIpc) is 2.77. The lowest BCUT2D eigenvalue weighted by Gasteiger charge is -2.24. The highest BCUT2D eigenvalue weighted by atomic mass is 16.4. The van der Waals surface area contributed by atoms with Crippen molar-refractivity contribution >= 4 is 11.9 Å². The summed E-state index contributed by atoms with van der Waals surface area (Å²) in [7, 11) is 0. The second-order valence-corrected chi connectivity index (χ2v) is 4.36. The molecule has 84 valence electrons. The van der Waals surface area contributed by atoms with Gasteiger partial charge in [-0.3, -0.25) is 4.79 Å². The number of carboxylic acids is 1. The molecule has 2 aliphatic rings. The van der Waals surface area contributed by atoms with Crippen molar-refractivity contribution in [2.45, 2.75) is 36.9 Å². The maximum absolute atomic E-state index is 11.8. The largest absolute Gasteiger partial charge is 0.480 e. The van der Waals surface area contributed by atoms with E-state index in [1.54, 1.807) is 0 Å². The zero-order valence-electron chi connectivity index (χ0n) is 8.22. The molecule has 1 aliphatic carbocycles. The number of likely N-dealkylation sites (tertiary alicyclic amines) is 1. The van der Waals surface area contributed by atoms with E-state index in [0.29, 0.717) is 12.8 Å². The van der Waals surface area contributed by atoms with E-state index in [-0.39, 0.29) is 18.9 Å². The number of rotatable bonds is 2. The Bertz CT molecular complexity index is 313. The molecule has 1 saturated heterocycles. The van der Waals surface area contributed by atoms with Gasteiger partial charge in [-0.1, -0.05) is 0 Å². The van der Waals surface area contributed by atoms with E-state index in [1.165, 1.54) is 4.90 Å². The minimum atomic E-state index is -1.08. The number of hydrogen-bond acceptors (Lipinski definition) is 4. The van der Waals surface area contributed by atoms with E-state index in [9.17, 15) is 14.7 Å². The highest BCUT2D eigenvalue weighted by molar-refractivity contribution is 5.92. The quantitative estimate of drug-likeness (QED) is 0.520. The molecule has 2 atom stereocenters. The molecule has 1 amide bonds. The lowest BCUT2D eigenvalue weighted by Crippen LogP contribution is -2.50. The van der Waals surface area contributed by atoms with Crippen LogP contribution in [0.1, 0.15) is 19.3 Å². The molecule has 0 aromatic carbocycles. The Hall–Kier alpha value is -1.14. The van der Waals surface area contributed by atoms with Crippen LogP contribution in [0, 0.1) is 0 Å². The van der Waals surface area contributed by atoms with Gasteiger partial charge in [0.25, 0.3) is 0 Å². The van der Waals surface area contributed by atoms with Crippen LogP contribution in [0.25, 0.3) is 0 Å². The molecule has 1 aliphatic heterocycles. The second-order valence-electron chi connectivity index (χ2n) is 4.36. The number of nitrogens with two attached hydrogens (primary N) is 1. The number of carboxylic acid groups (broad SMARTS) is 1. The fourth-order valence-corrected chi connectivity index (χ4v) is 1.91. The van der Waals surface area contributed by atoms with Crippen LogP contribution in [-0.2, 0) is 9.59 Å². The predicted molar refractivity (Wildman–Crippen MR) is 49.9 cm³/mol. The SMILES string of the molecule is NC1(C(=O)N2CC(O)CC2C(=O)O)CC1. The van der Waals surface area contributed by atoms with Gasteiger partial charge in [-0.05, 0) is 12.8 Å². The Morgan fingerprint density at radius 3 is 2.47 bits per heavy atom. The Balaban J connectivity index is 2.13. The topological polar surface area (TPSA) is 104 Å². The molecule has 1 saturated carbocycles. The summed E-state index contributed by atoms with van der Waals surface area (Å²) < 4.78 is 0. The Kier molecular flexibility index (Phi) is 2.20. The molecule has 0 bridgehead atoms. The number of carbonyl (C=O) groups excluding carboxylic acids is 1. The Labute approximate surface area is 86.7 Å². The van der Waals surface area contributed by atoms with Crippen LogP contribution in [0.3, 0.4) is 0 Å². The molecule has 6 nitrogen and oxygen atoms in total. The van der Waals surface area contributed by atoms with E-state index in [0.717, 1.165) is 0 Å². The molecule has 0 aromatic rings. The minimum Gasteiger partial charge on any atom is -0.480 e. The first kappa shape index (κ1) is 10.4. The predicted octanol–water partition coefficient (Wildman–Crippen LogP) is -1.48. The van der Waals surface area contributed by atoms with Gasteiger partial charge in [0.1, 0.15) is 6.04 Å². The first-order valence-corrected chi connectivity index (χ1v) is 4.95. The molecule has 6 heteroatoms. The van der Waals surface area contributed by atoms with E-state index in [2.05, 4.69) is 0 Å². The molecular formula is C9H14N2O4. The third-order valence-corrected chi connectivity index (χ3v) is 3.04. The number of carbonyl (C=O) groups is 2. The van der Waals surface area contributed by atoms with Gasteiger partial charge >= 0.3 is 5.97 Å². The molecule has 0 spiro atoms. The lowest BCUT2D eigenvalue weighted by atomic mass is 10.2. The zero-order chi connectivity index (χ0) is 11.2. The second kappa shape index (κ2) is 3.18.